The van der Waals surface area contributed by atoms with Gasteiger partial charge in [-0.3, -0.25) is 0 Å². The SMILES string of the molecule is C=C(C)CNCc1c[nH]c2ncccc12. The van der Waals surface area contributed by atoms with Crippen molar-refractivity contribution in [2.45, 2.75) is 13.5 Å². The zero-order chi connectivity index (χ0) is 10.7. The van der Waals surface area contributed by atoms with Crippen molar-refractivity contribution >= 4 is 11.0 Å². The molecule has 3 nitrogen and oxygen atoms in total. The molecule has 0 unspecified atom stereocenters. The fourth-order valence-corrected chi connectivity index (χ4v) is 1.57. The molecule has 0 bridgehead atoms. The lowest BCUT2D eigenvalue weighted by Gasteiger charge is -2.02. The maximum atomic E-state index is 4.24. The van der Waals surface area contributed by atoms with E-state index in [0.29, 0.717) is 0 Å². The smallest absolute Gasteiger partial charge is 0.137 e. The van der Waals surface area contributed by atoms with Crippen LogP contribution in [0.3, 0.4) is 0 Å². The molecule has 0 fully saturated rings. The van der Waals surface area contributed by atoms with Crippen molar-refractivity contribution in [1.82, 2.24) is 15.3 Å². The number of nitrogens with one attached hydrogen (secondary N) is 2. The van der Waals surface area contributed by atoms with E-state index in [9.17, 15) is 0 Å². The first kappa shape index (κ1) is 9.93. The highest BCUT2D eigenvalue weighted by molar-refractivity contribution is 5.79. The Morgan fingerprint density at radius 2 is 2.47 bits per heavy atom. The Morgan fingerprint density at radius 1 is 1.60 bits per heavy atom. The van der Waals surface area contributed by atoms with Gasteiger partial charge < -0.3 is 10.3 Å². The quantitative estimate of drug-likeness (QED) is 0.745. The monoisotopic (exact) mass is 201 g/mol. The van der Waals surface area contributed by atoms with Crippen molar-refractivity contribution in [2.24, 2.45) is 0 Å². The molecule has 0 saturated carbocycles. The van der Waals surface area contributed by atoms with Crippen molar-refractivity contribution in [3.8, 4) is 0 Å². The maximum Gasteiger partial charge on any atom is 0.137 e. The summed E-state index contributed by atoms with van der Waals surface area (Å²) in [5.41, 5.74) is 3.34. The summed E-state index contributed by atoms with van der Waals surface area (Å²) in [5.74, 6) is 0. The lowest BCUT2D eigenvalue weighted by Crippen LogP contribution is -2.14. The Bertz CT molecular complexity index is 470. The van der Waals surface area contributed by atoms with E-state index in [4.69, 9.17) is 0 Å². The maximum absolute atomic E-state index is 4.24. The number of fused-ring (bicyclic) bond motifs is 1. The molecule has 2 aromatic rings. The second kappa shape index (κ2) is 4.28. The Labute approximate surface area is 89.2 Å². The van der Waals surface area contributed by atoms with Gasteiger partial charge in [-0.1, -0.05) is 12.2 Å². The van der Waals surface area contributed by atoms with Crippen molar-refractivity contribution in [3.05, 3.63) is 42.2 Å². The molecule has 2 heterocycles. The first-order valence-electron chi connectivity index (χ1n) is 5.03. The minimum absolute atomic E-state index is 0.846. The number of aromatic amines is 1. The summed E-state index contributed by atoms with van der Waals surface area (Å²) in [6.45, 7) is 7.57. The topological polar surface area (TPSA) is 40.7 Å². The molecule has 78 valence electrons. The molecule has 0 spiro atoms. The van der Waals surface area contributed by atoms with Gasteiger partial charge in [-0.2, -0.15) is 0 Å². The normalized spacial score (nSPS) is 10.7. The van der Waals surface area contributed by atoms with Gasteiger partial charge in [0, 0.05) is 30.9 Å². The molecule has 0 aliphatic heterocycles. The Balaban J connectivity index is 2.11. The van der Waals surface area contributed by atoms with E-state index in [1.165, 1.54) is 10.9 Å². The molecule has 0 aliphatic carbocycles. The lowest BCUT2D eigenvalue weighted by atomic mass is 10.2. The third-order valence-corrected chi connectivity index (χ3v) is 2.28. The third-order valence-electron chi connectivity index (χ3n) is 2.28. The molecular weight excluding hydrogens is 186 g/mol. The Morgan fingerprint density at radius 3 is 3.27 bits per heavy atom. The van der Waals surface area contributed by atoms with Crippen molar-refractivity contribution < 1.29 is 0 Å². The number of pyridine rings is 1. The van der Waals surface area contributed by atoms with Gasteiger partial charge in [0.05, 0.1) is 0 Å². The van der Waals surface area contributed by atoms with E-state index in [1.807, 2.05) is 19.2 Å². The van der Waals surface area contributed by atoms with Crippen LogP contribution < -0.4 is 5.32 Å². The predicted molar refractivity (Wildman–Crippen MR) is 62.6 cm³/mol. The van der Waals surface area contributed by atoms with Crippen LogP contribution >= 0.6 is 0 Å². The van der Waals surface area contributed by atoms with Gasteiger partial charge in [-0.05, 0) is 24.6 Å². The van der Waals surface area contributed by atoms with Crippen LogP contribution in [0.5, 0.6) is 0 Å². The van der Waals surface area contributed by atoms with Gasteiger partial charge in [-0.25, -0.2) is 4.98 Å². The minimum atomic E-state index is 0.846. The van der Waals surface area contributed by atoms with Crippen molar-refractivity contribution in [1.29, 1.82) is 0 Å². The van der Waals surface area contributed by atoms with Crippen molar-refractivity contribution in [2.75, 3.05) is 6.54 Å². The average molecular weight is 201 g/mol. The van der Waals surface area contributed by atoms with Gasteiger partial charge in [0.15, 0.2) is 0 Å². The van der Waals surface area contributed by atoms with E-state index in [0.717, 1.165) is 24.3 Å². The van der Waals surface area contributed by atoms with Crippen LogP contribution in [-0.4, -0.2) is 16.5 Å². The van der Waals surface area contributed by atoms with Gasteiger partial charge in [0.2, 0.25) is 0 Å². The molecule has 2 N–H and O–H groups in total. The van der Waals surface area contributed by atoms with E-state index < -0.39 is 0 Å². The Hall–Kier alpha value is -1.61. The minimum Gasteiger partial charge on any atom is -0.346 e. The predicted octanol–water partition coefficient (Wildman–Crippen LogP) is 2.23. The summed E-state index contributed by atoms with van der Waals surface area (Å²) >= 11 is 0. The second-order valence-corrected chi connectivity index (χ2v) is 3.77. The first-order valence-corrected chi connectivity index (χ1v) is 5.03. The number of hydrogen-bond acceptors (Lipinski definition) is 2. The van der Waals surface area contributed by atoms with Crippen LogP contribution in [-0.2, 0) is 6.54 Å². The highest BCUT2D eigenvalue weighted by atomic mass is 14.9. The van der Waals surface area contributed by atoms with Gasteiger partial charge >= 0.3 is 0 Å². The summed E-state index contributed by atoms with van der Waals surface area (Å²) in [7, 11) is 0. The molecule has 0 aliphatic rings. The number of aromatic nitrogens is 2. The molecule has 2 rings (SSSR count). The molecule has 0 aromatic carbocycles. The summed E-state index contributed by atoms with van der Waals surface area (Å²) < 4.78 is 0. The van der Waals surface area contributed by atoms with Crippen LogP contribution in [0, 0.1) is 0 Å². The van der Waals surface area contributed by atoms with E-state index in [2.05, 4.69) is 27.9 Å². The molecule has 3 heteroatoms. The summed E-state index contributed by atoms with van der Waals surface area (Å²) in [4.78, 5) is 7.40. The van der Waals surface area contributed by atoms with Gasteiger partial charge in [-0.15, -0.1) is 0 Å². The summed E-state index contributed by atoms with van der Waals surface area (Å²) in [6, 6.07) is 4.04. The first-order chi connectivity index (χ1) is 7.27. The van der Waals surface area contributed by atoms with Crippen molar-refractivity contribution in [3.63, 3.8) is 0 Å². The number of nitrogens with zero attached hydrogens (tertiary/aromatic N) is 1. The highest BCUT2D eigenvalue weighted by Gasteiger charge is 2.02. The zero-order valence-corrected chi connectivity index (χ0v) is 8.88. The largest absolute Gasteiger partial charge is 0.346 e. The zero-order valence-electron chi connectivity index (χ0n) is 8.88. The molecule has 0 radical (unpaired) electrons. The molecule has 2 aromatic heterocycles. The third kappa shape index (κ3) is 2.25. The summed E-state index contributed by atoms with van der Waals surface area (Å²) in [6.07, 6.45) is 3.80. The van der Waals surface area contributed by atoms with Crippen LogP contribution in [0.25, 0.3) is 11.0 Å². The lowest BCUT2D eigenvalue weighted by molar-refractivity contribution is 0.745. The molecule has 0 amide bonds. The fraction of sp³-hybridized carbons (Fsp3) is 0.250. The van der Waals surface area contributed by atoms with Crippen LogP contribution in [0.2, 0.25) is 0 Å². The van der Waals surface area contributed by atoms with E-state index in [1.54, 1.807) is 6.20 Å². The number of H-pyrrole nitrogens is 1. The van der Waals surface area contributed by atoms with Gasteiger partial charge in [0.1, 0.15) is 5.65 Å². The van der Waals surface area contributed by atoms with Gasteiger partial charge in [0.25, 0.3) is 0 Å². The van der Waals surface area contributed by atoms with Crippen LogP contribution in [0.4, 0.5) is 0 Å². The molecule has 0 saturated heterocycles. The fourth-order valence-electron chi connectivity index (χ4n) is 1.57. The van der Waals surface area contributed by atoms with E-state index in [-0.39, 0.29) is 0 Å². The van der Waals surface area contributed by atoms with Crippen LogP contribution in [0.15, 0.2) is 36.7 Å². The van der Waals surface area contributed by atoms with E-state index >= 15 is 0 Å². The standard InChI is InChI=1S/C12H15N3/c1-9(2)6-13-7-10-8-15-12-11(10)4-3-5-14-12/h3-5,8,13H,1,6-7H2,2H3,(H,14,15). The molecular formula is C12H15N3. The highest BCUT2D eigenvalue weighted by Crippen LogP contribution is 2.14. The molecule has 0 atom stereocenters. The summed E-state index contributed by atoms with van der Waals surface area (Å²) in [5, 5.41) is 4.52. The Kier molecular flexibility index (Phi) is 2.83. The second-order valence-electron chi connectivity index (χ2n) is 3.77. The van der Waals surface area contributed by atoms with Crippen LogP contribution in [0.1, 0.15) is 12.5 Å². The number of rotatable bonds is 4. The number of hydrogen-bond donors (Lipinski definition) is 2. The molecule has 15 heavy (non-hydrogen) atoms. The average Bonchev–Trinajstić information content (AvgIpc) is 2.62.